The summed E-state index contributed by atoms with van der Waals surface area (Å²) in [6.07, 6.45) is 0. The molecule has 0 amide bonds. The van der Waals surface area contributed by atoms with Gasteiger partial charge in [-0.25, -0.2) is 9.37 Å². The number of aromatic nitrogens is 2. The highest BCUT2D eigenvalue weighted by atomic mass is 32.2. The SMILES string of the molecule is CN(C)c1ccc(-c2c(-c3ccc(F)cc3)nc3n2CCS3)cc1. The van der Waals surface area contributed by atoms with Crippen LogP contribution in [0.2, 0.25) is 0 Å². The van der Waals surface area contributed by atoms with E-state index in [1.807, 2.05) is 14.1 Å². The van der Waals surface area contributed by atoms with Crippen LogP contribution in [-0.4, -0.2) is 29.4 Å². The van der Waals surface area contributed by atoms with Crippen molar-refractivity contribution in [1.82, 2.24) is 9.55 Å². The van der Waals surface area contributed by atoms with Crippen LogP contribution in [-0.2, 0) is 6.54 Å². The highest BCUT2D eigenvalue weighted by Gasteiger charge is 2.23. The molecule has 122 valence electrons. The maximum absolute atomic E-state index is 13.3. The Balaban J connectivity index is 1.86. The summed E-state index contributed by atoms with van der Waals surface area (Å²) in [4.78, 5) is 6.90. The van der Waals surface area contributed by atoms with Gasteiger partial charge in [0.15, 0.2) is 5.16 Å². The third-order valence-corrected chi connectivity index (χ3v) is 5.21. The topological polar surface area (TPSA) is 21.1 Å². The van der Waals surface area contributed by atoms with Gasteiger partial charge in [0.2, 0.25) is 0 Å². The second kappa shape index (κ2) is 5.98. The van der Waals surface area contributed by atoms with Gasteiger partial charge in [-0.2, -0.15) is 0 Å². The molecule has 0 aliphatic carbocycles. The molecule has 0 fully saturated rings. The molecule has 0 bridgehead atoms. The van der Waals surface area contributed by atoms with Crippen molar-refractivity contribution >= 4 is 17.4 Å². The van der Waals surface area contributed by atoms with Crippen molar-refractivity contribution in [3.05, 3.63) is 54.3 Å². The lowest BCUT2D eigenvalue weighted by Gasteiger charge is -2.14. The third kappa shape index (κ3) is 2.59. The first-order valence-electron chi connectivity index (χ1n) is 7.90. The summed E-state index contributed by atoms with van der Waals surface area (Å²) in [5, 5.41) is 1.04. The molecule has 0 radical (unpaired) electrons. The molecular formula is C19H18FN3S. The minimum absolute atomic E-state index is 0.225. The van der Waals surface area contributed by atoms with E-state index in [1.54, 1.807) is 23.9 Å². The molecule has 4 rings (SSSR count). The molecule has 2 heterocycles. The fourth-order valence-electron chi connectivity index (χ4n) is 3.00. The minimum atomic E-state index is -0.225. The fraction of sp³-hybridized carbons (Fsp3) is 0.211. The summed E-state index contributed by atoms with van der Waals surface area (Å²) in [6.45, 7) is 0.957. The van der Waals surface area contributed by atoms with Crippen LogP contribution in [0.3, 0.4) is 0 Å². The van der Waals surface area contributed by atoms with Crippen LogP contribution in [0.1, 0.15) is 0 Å². The number of fused-ring (bicyclic) bond motifs is 1. The molecule has 0 atom stereocenters. The predicted octanol–water partition coefficient (Wildman–Crippen LogP) is 4.53. The minimum Gasteiger partial charge on any atom is -0.378 e. The average Bonchev–Trinajstić information content (AvgIpc) is 3.16. The molecule has 0 unspecified atom stereocenters. The molecule has 2 aromatic carbocycles. The summed E-state index contributed by atoms with van der Waals surface area (Å²) >= 11 is 1.77. The van der Waals surface area contributed by atoms with E-state index in [9.17, 15) is 4.39 Å². The Morgan fingerprint density at radius 2 is 1.67 bits per heavy atom. The molecular weight excluding hydrogens is 321 g/mol. The van der Waals surface area contributed by atoms with Crippen molar-refractivity contribution in [3.8, 4) is 22.5 Å². The lowest BCUT2D eigenvalue weighted by atomic mass is 10.0. The number of thioether (sulfide) groups is 1. The zero-order valence-electron chi connectivity index (χ0n) is 13.7. The van der Waals surface area contributed by atoms with Gasteiger partial charge in [0.1, 0.15) is 5.82 Å². The van der Waals surface area contributed by atoms with Crippen LogP contribution in [0.4, 0.5) is 10.1 Å². The van der Waals surface area contributed by atoms with Gasteiger partial charge in [0.05, 0.1) is 11.4 Å². The molecule has 1 aliphatic heterocycles. The Kier molecular flexibility index (Phi) is 3.81. The Labute approximate surface area is 145 Å². The summed E-state index contributed by atoms with van der Waals surface area (Å²) in [6, 6.07) is 15.1. The first-order chi connectivity index (χ1) is 11.6. The van der Waals surface area contributed by atoms with E-state index in [2.05, 4.69) is 33.7 Å². The van der Waals surface area contributed by atoms with Crippen molar-refractivity contribution in [2.45, 2.75) is 11.7 Å². The van der Waals surface area contributed by atoms with Gasteiger partial charge in [0, 0.05) is 43.2 Å². The van der Waals surface area contributed by atoms with Crippen molar-refractivity contribution in [3.63, 3.8) is 0 Å². The van der Waals surface area contributed by atoms with E-state index < -0.39 is 0 Å². The highest BCUT2D eigenvalue weighted by Crippen LogP contribution is 2.39. The zero-order chi connectivity index (χ0) is 16.7. The molecule has 0 N–H and O–H groups in total. The molecule has 1 aromatic heterocycles. The van der Waals surface area contributed by atoms with E-state index in [0.717, 1.165) is 45.7 Å². The number of nitrogens with zero attached hydrogens (tertiary/aromatic N) is 3. The molecule has 3 aromatic rings. The number of imidazole rings is 1. The lowest BCUT2D eigenvalue weighted by Crippen LogP contribution is -2.08. The third-order valence-electron chi connectivity index (χ3n) is 4.25. The van der Waals surface area contributed by atoms with Crippen LogP contribution >= 0.6 is 11.8 Å². The van der Waals surface area contributed by atoms with E-state index in [0.29, 0.717) is 0 Å². The molecule has 5 heteroatoms. The molecule has 0 saturated carbocycles. The van der Waals surface area contributed by atoms with Gasteiger partial charge in [-0.15, -0.1) is 0 Å². The quantitative estimate of drug-likeness (QED) is 0.700. The maximum Gasteiger partial charge on any atom is 0.169 e. The van der Waals surface area contributed by atoms with Crippen molar-refractivity contribution in [1.29, 1.82) is 0 Å². The summed E-state index contributed by atoms with van der Waals surface area (Å²) in [5.41, 5.74) is 5.30. The van der Waals surface area contributed by atoms with Crippen LogP contribution < -0.4 is 4.90 Å². The number of hydrogen-bond acceptors (Lipinski definition) is 3. The second-order valence-electron chi connectivity index (χ2n) is 6.04. The van der Waals surface area contributed by atoms with E-state index in [4.69, 9.17) is 4.98 Å². The number of rotatable bonds is 3. The first kappa shape index (κ1) is 15.3. The number of hydrogen-bond donors (Lipinski definition) is 0. The Bertz CT molecular complexity index is 867. The Morgan fingerprint density at radius 3 is 2.33 bits per heavy atom. The molecule has 24 heavy (non-hydrogen) atoms. The van der Waals surface area contributed by atoms with Gasteiger partial charge in [-0.1, -0.05) is 23.9 Å². The smallest absolute Gasteiger partial charge is 0.169 e. The maximum atomic E-state index is 13.3. The number of halogens is 1. The van der Waals surface area contributed by atoms with Crippen molar-refractivity contribution in [2.75, 3.05) is 24.7 Å². The van der Waals surface area contributed by atoms with Crippen molar-refractivity contribution in [2.24, 2.45) is 0 Å². The summed E-state index contributed by atoms with van der Waals surface area (Å²) < 4.78 is 15.5. The van der Waals surface area contributed by atoms with E-state index in [-0.39, 0.29) is 5.82 Å². The second-order valence-corrected chi connectivity index (χ2v) is 7.10. The largest absolute Gasteiger partial charge is 0.378 e. The lowest BCUT2D eigenvalue weighted by molar-refractivity contribution is 0.628. The van der Waals surface area contributed by atoms with Gasteiger partial charge in [0.25, 0.3) is 0 Å². The standard InChI is InChI=1S/C19H18FN3S/c1-22(2)16-9-5-14(6-10-16)18-17(13-3-7-15(20)8-4-13)21-19-23(18)11-12-24-19/h3-10H,11-12H2,1-2H3. The molecule has 0 saturated heterocycles. The van der Waals surface area contributed by atoms with E-state index >= 15 is 0 Å². The van der Waals surface area contributed by atoms with Crippen molar-refractivity contribution < 1.29 is 4.39 Å². The van der Waals surface area contributed by atoms with Gasteiger partial charge in [-0.05, 0) is 36.4 Å². The van der Waals surface area contributed by atoms with Gasteiger partial charge < -0.3 is 9.47 Å². The van der Waals surface area contributed by atoms with Crippen LogP contribution in [0.5, 0.6) is 0 Å². The zero-order valence-corrected chi connectivity index (χ0v) is 14.5. The normalized spacial score (nSPS) is 13.1. The highest BCUT2D eigenvalue weighted by molar-refractivity contribution is 7.99. The predicted molar refractivity (Wildman–Crippen MR) is 98.1 cm³/mol. The fourth-order valence-corrected chi connectivity index (χ4v) is 3.95. The Hall–Kier alpha value is -2.27. The molecule has 3 nitrogen and oxygen atoms in total. The average molecular weight is 339 g/mol. The summed E-state index contributed by atoms with van der Waals surface area (Å²) in [5.74, 6) is 0.825. The van der Waals surface area contributed by atoms with Crippen LogP contribution in [0.25, 0.3) is 22.5 Å². The first-order valence-corrected chi connectivity index (χ1v) is 8.89. The van der Waals surface area contributed by atoms with E-state index in [1.165, 1.54) is 12.1 Å². The van der Waals surface area contributed by atoms with Crippen LogP contribution in [0, 0.1) is 5.82 Å². The van der Waals surface area contributed by atoms with Crippen LogP contribution in [0.15, 0.2) is 53.7 Å². The Morgan fingerprint density at radius 1 is 1.00 bits per heavy atom. The monoisotopic (exact) mass is 339 g/mol. The number of anilines is 1. The van der Waals surface area contributed by atoms with Gasteiger partial charge in [-0.3, -0.25) is 0 Å². The molecule has 1 aliphatic rings. The van der Waals surface area contributed by atoms with Gasteiger partial charge >= 0.3 is 0 Å². The number of benzene rings is 2. The summed E-state index contributed by atoms with van der Waals surface area (Å²) in [7, 11) is 4.07. The molecule has 0 spiro atoms.